The van der Waals surface area contributed by atoms with Crippen LogP contribution in [0.15, 0.2) is 48.7 Å². The summed E-state index contributed by atoms with van der Waals surface area (Å²) in [4.78, 5) is 80.0. The van der Waals surface area contributed by atoms with Crippen LogP contribution in [-0.4, -0.2) is 139 Å². The van der Waals surface area contributed by atoms with Gasteiger partial charge in [-0.3, -0.25) is 33.9 Å². The van der Waals surface area contributed by atoms with Crippen molar-refractivity contribution in [3.8, 4) is 0 Å². The second kappa shape index (κ2) is 25.3. The Bertz CT molecular complexity index is 1810. The summed E-state index contributed by atoms with van der Waals surface area (Å²) in [5, 5.41) is 12.5. The highest BCUT2D eigenvalue weighted by atomic mass is 16.5. The van der Waals surface area contributed by atoms with Crippen molar-refractivity contribution in [1.82, 2.24) is 35.6 Å². The molecule has 1 aliphatic rings. The molecule has 5 amide bonds. The van der Waals surface area contributed by atoms with Gasteiger partial charge in [-0.1, -0.05) is 73.1 Å². The lowest BCUT2D eigenvalue weighted by molar-refractivity contribution is -0.148. The normalized spacial score (nSPS) is 18.0. The molecular formula is C50H82N8O7. The Balaban J connectivity index is 1.79. The molecule has 1 fully saturated rings. The minimum Gasteiger partial charge on any atom is -0.380 e. The van der Waals surface area contributed by atoms with Gasteiger partial charge in [0.2, 0.25) is 29.5 Å². The summed E-state index contributed by atoms with van der Waals surface area (Å²) in [5.74, 6) is -2.30. The number of amides is 5. The summed E-state index contributed by atoms with van der Waals surface area (Å²) in [5.41, 5.74) is 2.45. The number of rotatable bonds is 24. The Hall–Kier alpha value is -4.60. The quantitative estimate of drug-likeness (QED) is 0.109. The smallest absolute Gasteiger partial charge is 0.245 e. The summed E-state index contributed by atoms with van der Waals surface area (Å²) in [7, 11) is 8.54. The molecule has 1 aromatic carbocycles. The van der Waals surface area contributed by atoms with Crippen molar-refractivity contribution in [2.75, 3.05) is 47.2 Å². The number of pyridine rings is 1. The number of benzene rings is 1. The fourth-order valence-corrected chi connectivity index (χ4v) is 9.10. The van der Waals surface area contributed by atoms with Gasteiger partial charge < -0.3 is 40.5 Å². The first kappa shape index (κ1) is 54.7. The number of hydrogen-bond donors (Lipinski definition) is 4. The number of anilines is 1. The Morgan fingerprint density at radius 1 is 0.862 bits per heavy atom. The second-order valence-electron chi connectivity index (χ2n) is 19.8. The Morgan fingerprint density at radius 3 is 2.05 bits per heavy atom. The number of carbonyl (C=O) groups excluding carboxylic acids is 5. The SMILES string of the molecule is CC[C@H](C)[C@@H]([C@@H](CC(=O)N1CCC[C@H]1[C@H](OC)[C@@H](C)C(=O)N[C@H](Cc1ccccn1)C(=O)NCc1ccc(NC(C)(C)C)cc1)OC)N(C)C(=O)[C@@H](NC(=O)[C@H](C(C)C)N(C)C)C(C)C. The average Bonchev–Trinajstić information content (AvgIpc) is 3.73. The van der Waals surface area contributed by atoms with Crippen molar-refractivity contribution in [3.63, 3.8) is 0 Å². The highest BCUT2D eigenvalue weighted by Crippen LogP contribution is 2.30. The van der Waals surface area contributed by atoms with Crippen molar-refractivity contribution in [2.45, 2.75) is 156 Å². The molecule has 364 valence electrons. The molecule has 1 aromatic heterocycles. The summed E-state index contributed by atoms with van der Waals surface area (Å²) in [6.45, 7) is 20.6. The fourth-order valence-electron chi connectivity index (χ4n) is 9.10. The third-order valence-corrected chi connectivity index (χ3v) is 12.7. The number of methoxy groups -OCH3 is 2. The number of nitrogens with one attached hydrogen (secondary N) is 4. The minimum absolute atomic E-state index is 0.00640. The predicted octanol–water partition coefficient (Wildman–Crippen LogP) is 5.28. The van der Waals surface area contributed by atoms with Gasteiger partial charge in [0.15, 0.2) is 0 Å². The van der Waals surface area contributed by atoms with Crippen LogP contribution in [0, 0.1) is 23.7 Å². The summed E-state index contributed by atoms with van der Waals surface area (Å²) in [6.07, 6.45) is 2.54. The van der Waals surface area contributed by atoms with Gasteiger partial charge in [-0.2, -0.15) is 0 Å². The summed E-state index contributed by atoms with van der Waals surface area (Å²) >= 11 is 0. The first-order valence-corrected chi connectivity index (χ1v) is 23.5. The highest BCUT2D eigenvalue weighted by Gasteiger charge is 2.43. The monoisotopic (exact) mass is 907 g/mol. The molecule has 0 saturated carbocycles. The van der Waals surface area contributed by atoms with Crippen LogP contribution in [0.2, 0.25) is 0 Å². The zero-order valence-corrected chi connectivity index (χ0v) is 42.1. The highest BCUT2D eigenvalue weighted by molar-refractivity contribution is 5.90. The third kappa shape index (κ3) is 15.8. The molecule has 0 bridgehead atoms. The molecular weight excluding hydrogens is 825 g/mol. The molecule has 0 spiro atoms. The molecule has 1 aliphatic heterocycles. The zero-order chi connectivity index (χ0) is 48.8. The largest absolute Gasteiger partial charge is 0.380 e. The molecule has 0 radical (unpaired) electrons. The van der Waals surface area contributed by atoms with E-state index < -0.39 is 48.3 Å². The molecule has 1 saturated heterocycles. The van der Waals surface area contributed by atoms with Crippen molar-refractivity contribution in [2.24, 2.45) is 23.7 Å². The van der Waals surface area contributed by atoms with Gasteiger partial charge in [0.25, 0.3) is 0 Å². The van der Waals surface area contributed by atoms with Gasteiger partial charge in [-0.25, -0.2) is 0 Å². The Labute approximate surface area is 389 Å². The van der Waals surface area contributed by atoms with Crippen LogP contribution >= 0.6 is 0 Å². The lowest BCUT2D eigenvalue weighted by Crippen LogP contribution is -2.59. The van der Waals surface area contributed by atoms with E-state index in [2.05, 4.69) is 47.0 Å². The van der Waals surface area contributed by atoms with Crippen LogP contribution in [0.4, 0.5) is 5.69 Å². The van der Waals surface area contributed by atoms with E-state index in [9.17, 15) is 24.0 Å². The average molecular weight is 907 g/mol. The standard InChI is InChI=1S/C50H82N8O7/c1-16-33(6)44(57(13)49(63)42(31(2)3)54-48(62)43(32(4)5)56(11)12)40(64-14)29-41(59)58-27-19-21-39(58)45(65-15)34(7)46(60)53-38(28-37-20-17-18-26-51-37)47(61)52-30-35-22-24-36(25-23-35)55-50(8,9)10/h17-18,20,22-26,31-34,38-40,42-45,55H,16,19,21,27-30H2,1-15H3,(H,52,61)(H,53,60)(H,54,62)/t33-,34+,38+,39-,40+,42-,43-,44-,45+/m0/s1. The number of ether oxygens (including phenoxy) is 2. The molecule has 0 aliphatic carbocycles. The van der Waals surface area contributed by atoms with Crippen molar-refractivity contribution in [1.29, 1.82) is 0 Å². The second-order valence-corrected chi connectivity index (χ2v) is 19.8. The fraction of sp³-hybridized carbons (Fsp3) is 0.680. The van der Waals surface area contributed by atoms with Crippen LogP contribution in [-0.2, 0) is 46.4 Å². The zero-order valence-electron chi connectivity index (χ0n) is 42.1. The first-order valence-electron chi connectivity index (χ1n) is 23.5. The van der Waals surface area contributed by atoms with E-state index in [1.165, 1.54) is 0 Å². The van der Waals surface area contributed by atoms with Crippen LogP contribution < -0.4 is 21.3 Å². The molecule has 2 aromatic rings. The number of aromatic nitrogens is 1. The van der Waals surface area contributed by atoms with E-state index in [4.69, 9.17) is 9.47 Å². The first-order chi connectivity index (χ1) is 30.5. The number of likely N-dealkylation sites (tertiary alicyclic amines) is 1. The third-order valence-electron chi connectivity index (χ3n) is 12.7. The maximum absolute atomic E-state index is 14.4. The number of hydrogen-bond acceptors (Lipinski definition) is 10. The van der Waals surface area contributed by atoms with Crippen molar-refractivity contribution in [3.05, 3.63) is 59.9 Å². The molecule has 2 heterocycles. The van der Waals surface area contributed by atoms with Crippen molar-refractivity contribution >= 4 is 35.2 Å². The lowest BCUT2D eigenvalue weighted by atomic mass is 9.89. The van der Waals surface area contributed by atoms with Crippen LogP contribution in [0.5, 0.6) is 0 Å². The number of carbonyl (C=O) groups is 5. The Kier molecular flexibility index (Phi) is 21.3. The van der Waals surface area contributed by atoms with Gasteiger partial charge in [-0.15, -0.1) is 0 Å². The topological polar surface area (TPSA) is 175 Å². The lowest BCUT2D eigenvalue weighted by Gasteiger charge is -2.41. The van der Waals surface area contributed by atoms with E-state index in [1.807, 2.05) is 96.9 Å². The Morgan fingerprint density at radius 2 is 1.52 bits per heavy atom. The predicted molar refractivity (Wildman–Crippen MR) is 257 cm³/mol. The maximum atomic E-state index is 14.4. The molecule has 15 heteroatoms. The number of likely N-dealkylation sites (N-methyl/N-ethyl adjacent to an activating group) is 2. The maximum Gasteiger partial charge on any atom is 0.245 e. The van der Waals surface area contributed by atoms with Gasteiger partial charge in [0, 0.05) is 63.9 Å². The van der Waals surface area contributed by atoms with Gasteiger partial charge in [0.1, 0.15) is 12.1 Å². The van der Waals surface area contributed by atoms with Gasteiger partial charge in [0.05, 0.1) is 42.7 Å². The van der Waals surface area contributed by atoms with E-state index >= 15 is 0 Å². The molecule has 0 unspecified atom stereocenters. The van der Waals surface area contributed by atoms with Crippen molar-refractivity contribution < 1.29 is 33.4 Å². The van der Waals surface area contributed by atoms with Gasteiger partial charge in [-0.05, 0) is 95.3 Å². The van der Waals surface area contributed by atoms with E-state index in [0.29, 0.717) is 25.1 Å². The molecule has 15 nitrogen and oxygen atoms in total. The van der Waals surface area contributed by atoms with Crippen LogP contribution in [0.1, 0.15) is 106 Å². The van der Waals surface area contributed by atoms with Crippen LogP contribution in [0.3, 0.4) is 0 Å². The van der Waals surface area contributed by atoms with E-state index in [0.717, 1.165) is 17.7 Å². The minimum atomic E-state index is -0.923. The molecule has 4 N–H and O–H groups in total. The molecule has 3 rings (SSSR count). The molecule has 9 atom stereocenters. The van der Waals surface area contributed by atoms with E-state index in [-0.39, 0.29) is 72.2 Å². The summed E-state index contributed by atoms with van der Waals surface area (Å²) < 4.78 is 12.1. The number of nitrogens with zero attached hydrogens (tertiary/aromatic N) is 4. The van der Waals surface area contributed by atoms with Gasteiger partial charge >= 0.3 is 0 Å². The van der Waals surface area contributed by atoms with E-state index in [1.54, 1.807) is 50.3 Å². The molecule has 65 heavy (non-hydrogen) atoms. The van der Waals surface area contributed by atoms with Crippen LogP contribution in [0.25, 0.3) is 0 Å². The summed E-state index contributed by atoms with van der Waals surface area (Å²) in [6, 6.07) is 10.3.